The number of rotatable bonds is 1. The lowest BCUT2D eigenvalue weighted by atomic mass is 10.0. The van der Waals surface area contributed by atoms with Crippen LogP contribution in [-0.2, 0) is 4.43 Å². The Balaban J connectivity index is 1.84. The Morgan fingerprint density at radius 1 is 1.05 bits per heavy atom. The van der Waals surface area contributed by atoms with Crippen LogP contribution >= 0.6 is 0 Å². The summed E-state index contributed by atoms with van der Waals surface area (Å²) in [6.07, 6.45) is 1.78. The van der Waals surface area contributed by atoms with Gasteiger partial charge in [0.25, 0.3) is 0 Å². The van der Waals surface area contributed by atoms with Gasteiger partial charge in [-0.3, -0.25) is 0 Å². The van der Waals surface area contributed by atoms with E-state index in [9.17, 15) is 5.11 Å². The number of phenols is 1. The summed E-state index contributed by atoms with van der Waals surface area (Å²) in [5.41, 5.74) is 1.83. The molecule has 0 fully saturated rings. The number of aromatic hydroxyl groups is 1. The van der Waals surface area contributed by atoms with E-state index in [0.29, 0.717) is 11.5 Å². The number of hydrogen-bond acceptors (Lipinski definition) is 4. The molecule has 0 aliphatic carbocycles. The van der Waals surface area contributed by atoms with E-state index in [1.165, 1.54) is 0 Å². The zero-order chi connectivity index (χ0) is 13.5. The van der Waals surface area contributed by atoms with E-state index in [-0.39, 0.29) is 11.9 Å². The van der Waals surface area contributed by atoms with Crippen molar-refractivity contribution in [2.45, 2.75) is 6.10 Å². The Bertz CT molecular complexity index is 697. The van der Waals surface area contributed by atoms with E-state index >= 15 is 0 Å². The van der Waals surface area contributed by atoms with Crippen molar-refractivity contribution in [3.8, 4) is 17.2 Å². The maximum atomic E-state index is 9.76. The molecule has 1 N–H and O–H groups in total. The molecule has 2 aliphatic heterocycles. The zero-order valence-electron chi connectivity index (χ0n) is 10.4. The van der Waals surface area contributed by atoms with Crippen LogP contribution in [0.1, 0.15) is 17.2 Å². The first-order valence-electron chi connectivity index (χ1n) is 6.27. The smallest absolute Gasteiger partial charge is 0.140 e. The molecule has 1 atom stereocenters. The lowest BCUT2D eigenvalue weighted by Crippen LogP contribution is -2.22. The summed E-state index contributed by atoms with van der Waals surface area (Å²) in [4.78, 5) is 0. The minimum atomic E-state index is -0.576. The van der Waals surface area contributed by atoms with Crippen LogP contribution in [0.5, 0.6) is 17.2 Å². The van der Waals surface area contributed by atoms with E-state index in [1.54, 1.807) is 12.1 Å². The minimum Gasteiger partial charge on any atom is -0.688 e. The molecule has 20 heavy (non-hydrogen) atoms. The van der Waals surface area contributed by atoms with Gasteiger partial charge in [-0.15, -0.1) is 0 Å². The molecule has 2 heterocycles. The SMILES string of the molecule is Oc1cc2c3c(c1)OC(c1ccccc1)=CC3O[SiH-]O2. The minimum absolute atomic E-state index is 0.133. The van der Waals surface area contributed by atoms with Crippen LogP contribution in [0.25, 0.3) is 5.76 Å². The van der Waals surface area contributed by atoms with Crippen LogP contribution < -0.4 is 9.16 Å². The van der Waals surface area contributed by atoms with Crippen molar-refractivity contribution in [1.82, 2.24) is 0 Å². The third-order valence-corrected chi connectivity index (χ3v) is 4.09. The first-order chi connectivity index (χ1) is 9.81. The normalized spacial score (nSPS) is 19.4. The summed E-state index contributed by atoms with van der Waals surface area (Å²) >= 11 is 0. The molecule has 4 rings (SSSR count). The van der Waals surface area contributed by atoms with Crippen molar-refractivity contribution in [1.29, 1.82) is 0 Å². The highest BCUT2D eigenvalue weighted by Crippen LogP contribution is 2.46. The monoisotopic (exact) mass is 283 g/mol. The third kappa shape index (κ3) is 1.79. The van der Waals surface area contributed by atoms with Gasteiger partial charge >= 0.3 is 0 Å². The van der Waals surface area contributed by atoms with Gasteiger partial charge in [-0.1, -0.05) is 30.3 Å². The molecule has 100 valence electrons. The van der Waals surface area contributed by atoms with Crippen LogP contribution in [0.3, 0.4) is 0 Å². The molecule has 0 saturated heterocycles. The summed E-state index contributed by atoms with van der Waals surface area (Å²) in [7, 11) is -0.576. The number of hydrogen-bond donors (Lipinski definition) is 1. The number of benzene rings is 2. The molecule has 0 aromatic heterocycles. The zero-order valence-corrected chi connectivity index (χ0v) is 11.6. The standard InChI is InChI=1S/C15H11O4Si/c16-10-6-12-15-13(7-10)18-20-19-14(15)8-11(17-12)9-4-2-1-3-5-9/h1-8,14,16,20H/q-1. The van der Waals surface area contributed by atoms with Crippen molar-refractivity contribution < 1.29 is 18.7 Å². The van der Waals surface area contributed by atoms with E-state index in [0.717, 1.165) is 16.9 Å². The fraction of sp³-hybridized carbons (Fsp3) is 0.0667. The van der Waals surface area contributed by atoms with Gasteiger partial charge in [-0.25, -0.2) is 0 Å². The molecule has 0 bridgehead atoms. The molecular weight excluding hydrogens is 272 g/mol. The van der Waals surface area contributed by atoms with Crippen LogP contribution in [0.4, 0.5) is 0 Å². The highest BCUT2D eigenvalue weighted by Gasteiger charge is 2.27. The fourth-order valence-electron chi connectivity index (χ4n) is 2.43. The molecule has 2 aliphatic rings. The Morgan fingerprint density at radius 2 is 1.85 bits per heavy atom. The van der Waals surface area contributed by atoms with Crippen LogP contribution in [0, 0.1) is 0 Å². The van der Waals surface area contributed by atoms with Gasteiger partial charge in [-0.2, -0.15) is 0 Å². The van der Waals surface area contributed by atoms with Gasteiger partial charge < -0.3 is 18.7 Å². The first kappa shape index (κ1) is 11.6. The number of phenolic OH excluding ortho intramolecular Hbond substituents is 1. The summed E-state index contributed by atoms with van der Waals surface area (Å²) < 4.78 is 17.1. The van der Waals surface area contributed by atoms with E-state index in [1.807, 2.05) is 36.4 Å². The van der Waals surface area contributed by atoms with Crippen molar-refractivity contribution in [2.75, 3.05) is 0 Å². The van der Waals surface area contributed by atoms with E-state index in [4.69, 9.17) is 13.6 Å². The molecule has 0 radical (unpaired) electrons. The summed E-state index contributed by atoms with van der Waals surface area (Å²) in [6.45, 7) is 0. The summed E-state index contributed by atoms with van der Waals surface area (Å²) in [6, 6.07) is 13.0. The van der Waals surface area contributed by atoms with Crippen molar-refractivity contribution >= 4 is 15.8 Å². The Morgan fingerprint density at radius 3 is 2.70 bits per heavy atom. The second-order valence-corrected chi connectivity index (χ2v) is 5.33. The Hall–Kier alpha value is -2.24. The fourth-order valence-corrected chi connectivity index (χ4v) is 3.12. The lowest BCUT2D eigenvalue weighted by Gasteiger charge is -2.37. The van der Waals surface area contributed by atoms with Crippen molar-refractivity contribution in [3.05, 3.63) is 59.7 Å². The van der Waals surface area contributed by atoms with Gasteiger partial charge in [-0.05, 0) is 6.08 Å². The topological polar surface area (TPSA) is 47.9 Å². The highest BCUT2D eigenvalue weighted by molar-refractivity contribution is 6.20. The molecule has 2 aromatic rings. The highest BCUT2D eigenvalue weighted by atomic mass is 28.3. The predicted molar refractivity (Wildman–Crippen MR) is 74.8 cm³/mol. The van der Waals surface area contributed by atoms with Gasteiger partial charge in [0.15, 0.2) is 0 Å². The van der Waals surface area contributed by atoms with Crippen LogP contribution in [-0.4, -0.2) is 15.1 Å². The van der Waals surface area contributed by atoms with Gasteiger partial charge in [0.1, 0.15) is 17.3 Å². The van der Waals surface area contributed by atoms with Crippen molar-refractivity contribution in [2.24, 2.45) is 0 Å². The third-order valence-electron chi connectivity index (χ3n) is 3.33. The van der Waals surface area contributed by atoms with Gasteiger partial charge in [0.05, 0.1) is 27.4 Å². The first-order valence-corrected chi connectivity index (χ1v) is 7.21. The van der Waals surface area contributed by atoms with Gasteiger partial charge in [0.2, 0.25) is 0 Å². The second kappa shape index (κ2) is 4.40. The average Bonchev–Trinajstić information content (AvgIpc) is 2.48. The predicted octanol–water partition coefficient (Wildman–Crippen LogP) is 2.54. The molecule has 1 unspecified atom stereocenters. The summed E-state index contributed by atoms with van der Waals surface area (Å²) in [5, 5.41) is 9.76. The average molecular weight is 283 g/mol. The molecule has 0 saturated carbocycles. The van der Waals surface area contributed by atoms with Crippen LogP contribution in [0.2, 0.25) is 0 Å². The van der Waals surface area contributed by atoms with Gasteiger partial charge in [0, 0.05) is 17.7 Å². The second-order valence-electron chi connectivity index (χ2n) is 4.63. The van der Waals surface area contributed by atoms with E-state index in [2.05, 4.69) is 0 Å². The Labute approximate surface area is 118 Å². The van der Waals surface area contributed by atoms with E-state index < -0.39 is 10.0 Å². The quantitative estimate of drug-likeness (QED) is 0.817. The maximum absolute atomic E-state index is 9.76. The molecule has 2 aromatic carbocycles. The molecule has 0 amide bonds. The van der Waals surface area contributed by atoms with Crippen molar-refractivity contribution in [3.63, 3.8) is 0 Å². The lowest BCUT2D eigenvalue weighted by molar-refractivity contribution is 0.198. The molecule has 0 spiro atoms. The Kier molecular flexibility index (Phi) is 2.54. The largest absolute Gasteiger partial charge is 0.688 e. The maximum Gasteiger partial charge on any atom is 0.140 e. The molecular formula is C15H11O4Si-. The molecule has 5 heteroatoms. The molecule has 4 nitrogen and oxygen atoms in total. The van der Waals surface area contributed by atoms with Crippen LogP contribution in [0.15, 0.2) is 48.5 Å². The summed E-state index contributed by atoms with van der Waals surface area (Å²) in [5.74, 6) is 2.11. The number of ether oxygens (including phenoxy) is 1.